The third-order valence-electron chi connectivity index (χ3n) is 6.42. The zero-order valence-electron chi connectivity index (χ0n) is 23.8. The number of primary amides is 1. The van der Waals surface area contributed by atoms with Crippen LogP contribution in [-0.4, -0.2) is 53.0 Å². The summed E-state index contributed by atoms with van der Waals surface area (Å²) in [5.74, 6) is 5.34. The number of nitrogens with two attached hydrogens (primary N) is 1. The third kappa shape index (κ3) is 11.0. The van der Waals surface area contributed by atoms with Crippen LogP contribution in [0.25, 0.3) is 0 Å². The number of amides is 4. The molecule has 1 unspecified atom stereocenters. The number of hydrogen-bond donors (Lipinski definition) is 3. The highest BCUT2D eigenvalue weighted by Gasteiger charge is 2.20. The van der Waals surface area contributed by atoms with Crippen LogP contribution in [-0.2, 0) is 17.6 Å². The van der Waals surface area contributed by atoms with Crippen molar-refractivity contribution >= 4 is 29.6 Å². The Morgan fingerprint density at radius 3 is 2.40 bits per heavy atom. The Bertz CT molecular complexity index is 1370. The molecule has 4 amide bonds. The first-order valence-corrected chi connectivity index (χ1v) is 14.7. The highest BCUT2D eigenvalue weighted by molar-refractivity contribution is 7.99. The summed E-state index contributed by atoms with van der Waals surface area (Å²) in [6.07, 6.45) is 2.96. The van der Waals surface area contributed by atoms with Crippen LogP contribution >= 0.6 is 11.8 Å². The van der Waals surface area contributed by atoms with E-state index in [1.54, 1.807) is 19.1 Å². The number of ether oxygens (including phenoxy) is 1. The maximum absolute atomic E-state index is 12.9. The summed E-state index contributed by atoms with van der Waals surface area (Å²) in [6.45, 7) is 1.83. The summed E-state index contributed by atoms with van der Waals surface area (Å²) in [5.41, 5.74) is 7.34. The molecule has 0 spiro atoms. The Kier molecular flexibility index (Phi) is 13.5. The minimum Gasteiger partial charge on any atom is -0.481 e. The van der Waals surface area contributed by atoms with E-state index in [2.05, 4.69) is 17.2 Å². The van der Waals surface area contributed by atoms with Gasteiger partial charge in [0.05, 0.1) is 6.54 Å². The summed E-state index contributed by atoms with van der Waals surface area (Å²) in [4.78, 5) is 39.4. The fourth-order valence-electron chi connectivity index (χ4n) is 4.20. The lowest BCUT2D eigenvalue weighted by Crippen LogP contribution is -2.46. The SMILES string of the molecule is CC#CCOc1ccc(SC(O)CCCCN(C(N)=O)C(=O)CNC(=O)c2ccccc2CCc2ccccc2)cc1. The summed E-state index contributed by atoms with van der Waals surface area (Å²) in [6, 6.07) is 23.8. The number of rotatable bonds is 15. The molecule has 0 heterocycles. The first-order chi connectivity index (χ1) is 20.4. The number of imide groups is 1. The van der Waals surface area contributed by atoms with E-state index in [9.17, 15) is 19.5 Å². The molecule has 0 aliphatic rings. The Morgan fingerprint density at radius 2 is 1.69 bits per heavy atom. The summed E-state index contributed by atoms with van der Waals surface area (Å²) in [7, 11) is 0. The minimum atomic E-state index is -0.875. The monoisotopic (exact) mass is 587 g/mol. The Morgan fingerprint density at radius 1 is 0.976 bits per heavy atom. The number of carbonyl (C=O) groups is 3. The molecule has 3 aromatic carbocycles. The van der Waals surface area contributed by atoms with Gasteiger partial charge in [-0.1, -0.05) is 66.2 Å². The normalized spacial score (nSPS) is 11.1. The van der Waals surface area contributed by atoms with E-state index in [0.717, 1.165) is 21.8 Å². The van der Waals surface area contributed by atoms with Crippen molar-refractivity contribution in [2.45, 2.75) is 49.4 Å². The number of aliphatic hydroxyl groups is 1. The highest BCUT2D eigenvalue weighted by atomic mass is 32.2. The molecule has 0 radical (unpaired) electrons. The summed E-state index contributed by atoms with van der Waals surface area (Å²) in [5, 5.41) is 13.0. The van der Waals surface area contributed by atoms with Crippen molar-refractivity contribution in [3.05, 3.63) is 95.6 Å². The molecule has 0 aromatic heterocycles. The number of unbranched alkanes of at least 4 members (excludes halogenated alkanes) is 1. The zero-order valence-corrected chi connectivity index (χ0v) is 24.6. The van der Waals surface area contributed by atoms with Crippen LogP contribution in [0.3, 0.4) is 0 Å². The second-order valence-electron chi connectivity index (χ2n) is 9.46. The number of thioether (sulfide) groups is 1. The second-order valence-corrected chi connectivity index (χ2v) is 10.7. The molecular weight excluding hydrogens is 550 g/mol. The molecule has 9 heteroatoms. The molecule has 0 bridgehead atoms. The van der Waals surface area contributed by atoms with Crippen LogP contribution in [0.15, 0.2) is 83.8 Å². The fourth-order valence-corrected chi connectivity index (χ4v) is 5.09. The van der Waals surface area contributed by atoms with Crippen LogP contribution in [0, 0.1) is 11.8 Å². The van der Waals surface area contributed by atoms with Crippen LogP contribution in [0.5, 0.6) is 5.75 Å². The van der Waals surface area contributed by atoms with Crippen LogP contribution in [0.1, 0.15) is 47.7 Å². The third-order valence-corrected chi connectivity index (χ3v) is 7.47. The molecule has 3 rings (SSSR count). The van der Waals surface area contributed by atoms with Gasteiger partial charge in [-0.2, -0.15) is 0 Å². The van der Waals surface area contributed by atoms with E-state index in [1.165, 1.54) is 17.3 Å². The molecule has 42 heavy (non-hydrogen) atoms. The molecule has 4 N–H and O–H groups in total. The average Bonchev–Trinajstić information content (AvgIpc) is 3.00. The first-order valence-electron chi connectivity index (χ1n) is 13.8. The smallest absolute Gasteiger partial charge is 0.321 e. The predicted molar refractivity (Wildman–Crippen MR) is 165 cm³/mol. The predicted octanol–water partition coefficient (Wildman–Crippen LogP) is 4.79. The van der Waals surface area contributed by atoms with E-state index in [0.29, 0.717) is 43.6 Å². The van der Waals surface area contributed by atoms with Gasteiger partial charge in [0.15, 0.2) is 0 Å². The molecule has 220 valence electrons. The standard InChI is InChI=1S/C33H37N3O5S/c1-2-3-23-41-27-18-20-28(21-19-27)42-31(38)15-9-10-22-36(33(34)40)30(37)24-35-32(39)29-14-8-7-13-26(29)17-16-25-11-5-4-6-12-25/h4-8,11-14,18-21,31,38H,9-10,15-17,22-24H2,1H3,(H2,34,40)(H,35,39). The van der Waals surface area contributed by atoms with Crippen molar-refractivity contribution in [1.82, 2.24) is 10.2 Å². The number of hydrogen-bond acceptors (Lipinski definition) is 6. The summed E-state index contributed by atoms with van der Waals surface area (Å²) >= 11 is 1.32. The second kappa shape index (κ2) is 17.5. The lowest BCUT2D eigenvalue weighted by Gasteiger charge is -2.19. The Labute approximate surface area is 251 Å². The van der Waals surface area contributed by atoms with E-state index in [1.807, 2.05) is 66.7 Å². The van der Waals surface area contributed by atoms with Crippen molar-refractivity contribution in [3.8, 4) is 17.6 Å². The number of carbonyl (C=O) groups excluding carboxylic acids is 3. The topological polar surface area (TPSA) is 122 Å². The Balaban J connectivity index is 1.41. The van der Waals surface area contributed by atoms with Gasteiger partial charge in [0.1, 0.15) is 17.8 Å². The van der Waals surface area contributed by atoms with Crippen LogP contribution in [0.2, 0.25) is 0 Å². The molecule has 0 saturated carbocycles. The van der Waals surface area contributed by atoms with Gasteiger partial charge in [0.2, 0.25) is 5.91 Å². The number of aryl methyl sites for hydroxylation is 2. The minimum absolute atomic E-state index is 0.0990. The average molecular weight is 588 g/mol. The van der Waals surface area contributed by atoms with Gasteiger partial charge < -0.3 is 20.9 Å². The Hall–Kier alpha value is -4.26. The van der Waals surface area contributed by atoms with Crippen molar-refractivity contribution in [2.75, 3.05) is 19.7 Å². The molecule has 0 fully saturated rings. The van der Waals surface area contributed by atoms with E-state index < -0.39 is 17.4 Å². The summed E-state index contributed by atoms with van der Waals surface area (Å²) < 4.78 is 5.49. The van der Waals surface area contributed by atoms with E-state index in [4.69, 9.17) is 10.5 Å². The van der Waals surface area contributed by atoms with Gasteiger partial charge in [0.25, 0.3) is 5.91 Å². The van der Waals surface area contributed by atoms with Crippen molar-refractivity contribution in [1.29, 1.82) is 0 Å². The largest absolute Gasteiger partial charge is 0.481 e. The van der Waals surface area contributed by atoms with Gasteiger partial charge in [-0.3, -0.25) is 14.5 Å². The molecule has 0 aliphatic heterocycles. The molecule has 3 aromatic rings. The number of benzene rings is 3. The highest BCUT2D eigenvalue weighted by Crippen LogP contribution is 2.27. The number of urea groups is 1. The molecular formula is C33H37N3O5S. The zero-order chi connectivity index (χ0) is 30.2. The molecule has 8 nitrogen and oxygen atoms in total. The van der Waals surface area contributed by atoms with E-state index in [-0.39, 0.29) is 19.0 Å². The van der Waals surface area contributed by atoms with Crippen molar-refractivity contribution in [2.24, 2.45) is 5.73 Å². The number of nitrogens with zero attached hydrogens (tertiary/aromatic N) is 1. The van der Waals surface area contributed by atoms with Gasteiger partial charge in [-0.15, -0.1) is 5.92 Å². The van der Waals surface area contributed by atoms with Gasteiger partial charge >= 0.3 is 6.03 Å². The van der Waals surface area contributed by atoms with Crippen molar-refractivity contribution < 1.29 is 24.2 Å². The maximum atomic E-state index is 12.9. The van der Waals surface area contributed by atoms with E-state index >= 15 is 0 Å². The number of aliphatic hydroxyl groups excluding tert-OH is 1. The fraction of sp³-hybridized carbons (Fsp3) is 0.303. The van der Waals surface area contributed by atoms with Crippen molar-refractivity contribution in [3.63, 3.8) is 0 Å². The molecule has 1 atom stereocenters. The lowest BCUT2D eigenvalue weighted by atomic mass is 9.99. The molecule has 0 aliphatic carbocycles. The van der Waals surface area contributed by atoms with Gasteiger partial charge in [0, 0.05) is 17.0 Å². The van der Waals surface area contributed by atoms with Crippen LogP contribution < -0.4 is 15.8 Å². The first kappa shape index (κ1) is 32.3. The van der Waals surface area contributed by atoms with Gasteiger partial charge in [-0.05, 0) is 80.5 Å². The van der Waals surface area contributed by atoms with Crippen LogP contribution in [0.4, 0.5) is 4.79 Å². The number of nitrogens with one attached hydrogen (secondary N) is 1. The molecule has 0 saturated heterocycles. The van der Waals surface area contributed by atoms with Gasteiger partial charge in [-0.25, -0.2) is 4.79 Å². The lowest BCUT2D eigenvalue weighted by molar-refractivity contribution is -0.127. The quantitative estimate of drug-likeness (QED) is 0.102. The maximum Gasteiger partial charge on any atom is 0.321 e.